The van der Waals surface area contributed by atoms with Gasteiger partial charge >= 0.3 is 0 Å². The van der Waals surface area contributed by atoms with Crippen molar-refractivity contribution in [2.24, 2.45) is 5.92 Å². The molecule has 0 aromatic rings. The molecule has 1 fully saturated rings. The van der Waals surface area contributed by atoms with Crippen LogP contribution in [-0.4, -0.2) is 23.7 Å². The maximum absolute atomic E-state index is 11.4. The minimum Gasteiger partial charge on any atom is -0.396 e. The van der Waals surface area contributed by atoms with Gasteiger partial charge in [-0.2, -0.15) is 0 Å². The third kappa shape index (κ3) is 3.93. The van der Waals surface area contributed by atoms with Crippen molar-refractivity contribution in [3.8, 4) is 12.3 Å². The maximum atomic E-state index is 11.4. The van der Waals surface area contributed by atoms with Gasteiger partial charge in [0.15, 0.2) is 0 Å². The lowest BCUT2D eigenvalue weighted by molar-refractivity contribution is -0.122. The zero-order valence-corrected chi connectivity index (χ0v) is 9.04. The fraction of sp³-hybridized carbons (Fsp3) is 0.750. The van der Waals surface area contributed by atoms with E-state index in [-0.39, 0.29) is 24.5 Å². The third-order valence-corrected chi connectivity index (χ3v) is 2.99. The Bertz CT molecular complexity index is 244. The molecule has 2 unspecified atom stereocenters. The molecule has 2 atom stereocenters. The van der Waals surface area contributed by atoms with Gasteiger partial charge in [0.2, 0.25) is 5.91 Å². The van der Waals surface area contributed by atoms with Crippen LogP contribution < -0.4 is 5.32 Å². The van der Waals surface area contributed by atoms with Crippen molar-refractivity contribution in [1.29, 1.82) is 0 Å². The lowest BCUT2D eigenvalue weighted by Gasteiger charge is -2.30. The number of aliphatic hydroxyl groups excluding tert-OH is 1. The quantitative estimate of drug-likeness (QED) is 0.680. The first kappa shape index (κ1) is 12.1. The Morgan fingerprint density at radius 2 is 2.20 bits per heavy atom. The molecule has 2 N–H and O–H groups in total. The first-order valence-electron chi connectivity index (χ1n) is 5.61. The van der Waals surface area contributed by atoms with Crippen molar-refractivity contribution in [3.63, 3.8) is 0 Å². The normalized spacial score (nSPS) is 25.6. The number of carbonyl (C=O) groups is 1. The number of aliphatic hydroxyl groups is 1. The second-order valence-electron chi connectivity index (χ2n) is 4.11. The molecule has 0 aromatic heterocycles. The average molecular weight is 209 g/mol. The third-order valence-electron chi connectivity index (χ3n) is 2.99. The fourth-order valence-electron chi connectivity index (χ4n) is 2.08. The molecular formula is C12H19NO2. The van der Waals surface area contributed by atoms with Crippen LogP contribution in [0, 0.1) is 18.3 Å². The van der Waals surface area contributed by atoms with Gasteiger partial charge in [-0.25, -0.2) is 0 Å². The van der Waals surface area contributed by atoms with E-state index in [2.05, 4.69) is 11.2 Å². The molecule has 0 radical (unpaired) electrons. The summed E-state index contributed by atoms with van der Waals surface area (Å²) in [4.78, 5) is 11.4. The number of carbonyl (C=O) groups excluding carboxylic acids is 1. The summed E-state index contributed by atoms with van der Waals surface area (Å²) in [6.07, 6.45) is 10.3. The lowest BCUT2D eigenvalue weighted by Crippen LogP contribution is -2.43. The van der Waals surface area contributed by atoms with Crippen LogP contribution in [0.3, 0.4) is 0 Å². The molecule has 0 spiro atoms. The minimum atomic E-state index is 0.0123. The number of rotatable bonds is 4. The monoisotopic (exact) mass is 209 g/mol. The van der Waals surface area contributed by atoms with Gasteiger partial charge in [0.05, 0.1) is 0 Å². The van der Waals surface area contributed by atoms with Crippen LogP contribution in [0.2, 0.25) is 0 Å². The van der Waals surface area contributed by atoms with E-state index in [0.717, 1.165) is 25.7 Å². The highest BCUT2D eigenvalue weighted by Gasteiger charge is 2.25. The minimum absolute atomic E-state index is 0.0123. The Morgan fingerprint density at radius 3 is 2.87 bits per heavy atom. The predicted octanol–water partition coefficient (Wildman–Crippen LogP) is 1.07. The summed E-state index contributed by atoms with van der Waals surface area (Å²) in [6, 6.07) is 0.147. The first-order valence-corrected chi connectivity index (χ1v) is 5.61. The Balaban J connectivity index is 2.34. The standard InChI is InChI=1S/C12H19NO2/c1-2-3-8-12(15)13-11-7-5-4-6-10(11)9-14/h1,10-11,14H,3-9H2,(H,13,15). The van der Waals surface area contributed by atoms with Gasteiger partial charge in [0.25, 0.3) is 0 Å². The van der Waals surface area contributed by atoms with Crippen LogP contribution in [0.15, 0.2) is 0 Å². The van der Waals surface area contributed by atoms with Crippen molar-refractivity contribution in [2.45, 2.75) is 44.6 Å². The van der Waals surface area contributed by atoms with E-state index in [4.69, 9.17) is 11.5 Å². The van der Waals surface area contributed by atoms with E-state index in [9.17, 15) is 4.79 Å². The number of terminal acetylenes is 1. The Morgan fingerprint density at radius 1 is 1.47 bits per heavy atom. The molecule has 1 aliphatic rings. The Hall–Kier alpha value is -1.01. The average Bonchev–Trinajstić information content (AvgIpc) is 2.27. The van der Waals surface area contributed by atoms with E-state index in [1.807, 2.05) is 0 Å². The number of hydrogen-bond donors (Lipinski definition) is 2. The van der Waals surface area contributed by atoms with Crippen LogP contribution >= 0.6 is 0 Å². The van der Waals surface area contributed by atoms with Crippen LogP contribution in [-0.2, 0) is 4.79 Å². The molecule has 1 rings (SSSR count). The highest BCUT2D eigenvalue weighted by molar-refractivity contribution is 5.76. The highest BCUT2D eigenvalue weighted by Crippen LogP contribution is 2.23. The summed E-state index contributed by atoms with van der Waals surface area (Å²) >= 11 is 0. The molecule has 3 nitrogen and oxygen atoms in total. The summed E-state index contributed by atoms with van der Waals surface area (Å²) in [5, 5.41) is 12.1. The second kappa shape index (κ2) is 6.47. The summed E-state index contributed by atoms with van der Waals surface area (Å²) in [6.45, 7) is 0.167. The zero-order valence-electron chi connectivity index (χ0n) is 9.04. The molecule has 0 heterocycles. The molecule has 84 valence electrons. The molecular weight excluding hydrogens is 190 g/mol. The van der Waals surface area contributed by atoms with Crippen molar-refractivity contribution < 1.29 is 9.90 Å². The van der Waals surface area contributed by atoms with Gasteiger partial charge < -0.3 is 10.4 Å². The fourth-order valence-corrected chi connectivity index (χ4v) is 2.08. The van der Waals surface area contributed by atoms with Gasteiger partial charge in [-0.05, 0) is 12.8 Å². The largest absolute Gasteiger partial charge is 0.396 e. The van der Waals surface area contributed by atoms with Gasteiger partial charge in [0.1, 0.15) is 0 Å². The van der Waals surface area contributed by atoms with Gasteiger partial charge in [-0.1, -0.05) is 12.8 Å². The molecule has 1 amide bonds. The number of hydrogen-bond acceptors (Lipinski definition) is 2. The molecule has 0 aliphatic heterocycles. The molecule has 0 aromatic carbocycles. The first-order chi connectivity index (χ1) is 7.27. The zero-order chi connectivity index (χ0) is 11.1. The SMILES string of the molecule is C#CCCC(=O)NC1CCCCC1CO. The summed E-state index contributed by atoms with van der Waals surface area (Å²) < 4.78 is 0. The van der Waals surface area contributed by atoms with Crippen LogP contribution in [0.5, 0.6) is 0 Å². The van der Waals surface area contributed by atoms with Crippen molar-refractivity contribution >= 4 is 5.91 Å². The molecule has 0 bridgehead atoms. The molecule has 1 aliphatic carbocycles. The smallest absolute Gasteiger partial charge is 0.221 e. The Kier molecular flexibility index (Phi) is 5.20. The Labute approximate surface area is 91.3 Å². The van der Waals surface area contributed by atoms with Gasteiger partial charge in [-0.3, -0.25) is 4.79 Å². The summed E-state index contributed by atoms with van der Waals surface area (Å²) in [5.74, 6) is 2.69. The van der Waals surface area contributed by atoms with E-state index in [1.54, 1.807) is 0 Å². The maximum Gasteiger partial charge on any atom is 0.221 e. The van der Waals surface area contributed by atoms with E-state index >= 15 is 0 Å². The van der Waals surface area contributed by atoms with E-state index in [1.165, 1.54) is 0 Å². The number of amides is 1. The predicted molar refractivity (Wildman–Crippen MR) is 59.0 cm³/mol. The second-order valence-corrected chi connectivity index (χ2v) is 4.11. The highest BCUT2D eigenvalue weighted by atomic mass is 16.3. The molecule has 0 saturated heterocycles. The van der Waals surface area contributed by atoms with Crippen molar-refractivity contribution in [1.82, 2.24) is 5.32 Å². The molecule has 1 saturated carbocycles. The summed E-state index contributed by atoms with van der Waals surface area (Å²) in [7, 11) is 0. The van der Waals surface area contributed by atoms with E-state index < -0.39 is 0 Å². The molecule has 3 heteroatoms. The van der Waals surface area contributed by atoms with Crippen LogP contribution in [0.1, 0.15) is 38.5 Å². The topological polar surface area (TPSA) is 49.3 Å². The number of nitrogens with one attached hydrogen (secondary N) is 1. The van der Waals surface area contributed by atoms with E-state index in [0.29, 0.717) is 12.8 Å². The summed E-state index contributed by atoms with van der Waals surface area (Å²) in [5.41, 5.74) is 0. The van der Waals surface area contributed by atoms with Crippen LogP contribution in [0.25, 0.3) is 0 Å². The van der Waals surface area contributed by atoms with Crippen LogP contribution in [0.4, 0.5) is 0 Å². The molecule has 15 heavy (non-hydrogen) atoms. The van der Waals surface area contributed by atoms with Gasteiger partial charge in [-0.15, -0.1) is 12.3 Å². The lowest BCUT2D eigenvalue weighted by atomic mass is 9.85. The van der Waals surface area contributed by atoms with Crippen molar-refractivity contribution in [2.75, 3.05) is 6.61 Å². The van der Waals surface area contributed by atoms with Crippen molar-refractivity contribution in [3.05, 3.63) is 0 Å². The van der Waals surface area contributed by atoms with Gasteiger partial charge in [0, 0.05) is 31.4 Å².